The third-order valence-electron chi connectivity index (χ3n) is 3.27. The minimum atomic E-state index is -0.0531. The van der Waals surface area contributed by atoms with Crippen molar-refractivity contribution in [1.29, 1.82) is 0 Å². The molecule has 3 rings (SSSR count). The second kappa shape index (κ2) is 4.75. The number of nitrogens with two attached hydrogens (primary N) is 1. The van der Waals surface area contributed by atoms with Crippen LogP contribution in [0, 0.1) is 0 Å². The minimum absolute atomic E-state index is 0.0531. The lowest BCUT2D eigenvalue weighted by Crippen LogP contribution is -2.33. The van der Waals surface area contributed by atoms with Gasteiger partial charge in [0.25, 0.3) is 5.56 Å². The van der Waals surface area contributed by atoms with Crippen LogP contribution in [0.2, 0.25) is 0 Å². The molecule has 0 aromatic carbocycles. The average Bonchev–Trinajstić information content (AvgIpc) is 2.77. The van der Waals surface area contributed by atoms with Gasteiger partial charge < -0.3 is 5.73 Å². The molecule has 19 heavy (non-hydrogen) atoms. The van der Waals surface area contributed by atoms with Crippen LogP contribution in [0.1, 0.15) is 16.1 Å². The third-order valence-corrected chi connectivity index (χ3v) is 4.08. The molecule has 0 amide bonds. The van der Waals surface area contributed by atoms with Crippen LogP contribution in [0.5, 0.6) is 0 Å². The molecule has 1 aliphatic rings. The molecule has 0 saturated heterocycles. The molecule has 0 aliphatic carbocycles. The van der Waals surface area contributed by atoms with Crippen molar-refractivity contribution in [1.82, 2.24) is 19.7 Å². The number of aryl methyl sites for hydroxylation is 1. The van der Waals surface area contributed by atoms with Gasteiger partial charge in [-0.15, -0.1) is 11.3 Å². The van der Waals surface area contributed by atoms with Gasteiger partial charge in [-0.1, -0.05) is 0 Å². The Morgan fingerprint density at radius 3 is 3.11 bits per heavy atom. The first-order chi connectivity index (χ1) is 9.11. The number of thiazole rings is 1. The molecule has 2 aromatic rings. The average molecular weight is 277 g/mol. The first-order valence-corrected chi connectivity index (χ1v) is 6.92. The Hall–Kier alpha value is -1.73. The van der Waals surface area contributed by atoms with Crippen LogP contribution in [0.25, 0.3) is 0 Å². The molecular formula is C12H15N5OS. The van der Waals surface area contributed by atoms with Gasteiger partial charge in [0.15, 0.2) is 5.13 Å². The van der Waals surface area contributed by atoms with Gasteiger partial charge in [0.05, 0.1) is 5.69 Å². The van der Waals surface area contributed by atoms with Gasteiger partial charge in [-0.05, 0) is 5.56 Å². The summed E-state index contributed by atoms with van der Waals surface area (Å²) >= 11 is 1.51. The van der Waals surface area contributed by atoms with Crippen molar-refractivity contribution in [2.45, 2.75) is 19.5 Å². The lowest BCUT2D eigenvalue weighted by atomic mass is 10.1. The number of hydrogen-bond acceptors (Lipinski definition) is 6. The van der Waals surface area contributed by atoms with Crippen LogP contribution in [0.3, 0.4) is 0 Å². The smallest absolute Gasteiger partial charge is 0.266 e. The minimum Gasteiger partial charge on any atom is -0.375 e. The molecule has 100 valence electrons. The van der Waals surface area contributed by atoms with E-state index < -0.39 is 0 Å². The van der Waals surface area contributed by atoms with E-state index in [0.717, 1.165) is 42.2 Å². The molecule has 6 nitrogen and oxygen atoms in total. The molecule has 0 unspecified atom stereocenters. The Bertz CT molecular complexity index is 662. The fraction of sp³-hybridized carbons (Fsp3) is 0.417. The maximum absolute atomic E-state index is 11.6. The number of rotatable bonds is 2. The summed E-state index contributed by atoms with van der Waals surface area (Å²) in [7, 11) is 1.69. The Morgan fingerprint density at radius 2 is 2.37 bits per heavy atom. The van der Waals surface area contributed by atoms with E-state index in [0.29, 0.717) is 5.13 Å². The zero-order chi connectivity index (χ0) is 13.4. The van der Waals surface area contributed by atoms with Crippen molar-refractivity contribution >= 4 is 16.5 Å². The highest BCUT2D eigenvalue weighted by Gasteiger charge is 2.19. The van der Waals surface area contributed by atoms with Crippen molar-refractivity contribution in [3.63, 3.8) is 0 Å². The second-order valence-corrected chi connectivity index (χ2v) is 5.85. The first-order valence-electron chi connectivity index (χ1n) is 6.10. The fourth-order valence-electron chi connectivity index (χ4n) is 2.30. The summed E-state index contributed by atoms with van der Waals surface area (Å²) in [4.78, 5) is 19.1. The maximum Gasteiger partial charge on any atom is 0.266 e. The topological polar surface area (TPSA) is 77.0 Å². The van der Waals surface area contributed by atoms with Gasteiger partial charge in [0, 0.05) is 50.2 Å². The summed E-state index contributed by atoms with van der Waals surface area (Å²) in [6, 6.07) is 1.69. The normalized spacial score (nSPS) is 15.4. The van der Waals surface area contributed by atoms with Crippen molar-refractivity contribution in [2.75, 3.05) is 12.3 Å². The van der Waals surface area contributed by atoms with E-state index >= 15 is 0 Å². The van der Waals surface area contributed by atoms with Crippen LogP contribution in [0.15, 0.2) is 17.1 Å². The van der Waals surface area contributed by atoms with E-state index in [2.05, 4.69) is 15.0 Å². The lowest BCUT2D eigenvalue weighted by Gasteiger charge is -2.27. The maximum atomic E-state index is 11.6. The molecular weight excluding hydrogens is 262 g/mol. The Morgan fingerprint density at radius 1 is 1.53 bits per heavy atom. The van der Waals surface area contributed by atoms with E-state index in [-0.39, 0.29) is 5.56 Å². The second-order valence-electron chi connectivity index (χ2n) is 4.70. The number of fused-ring (bicyclic) bond motifs is 1. The fourth-order valence-corrected chi connectivity index (χ4v) is 3.03. The SMILES string of the molecule is Cn1nc2c(cc1=O)CN(Cc1cnc(N)s1)CC2. The molecule has 0 spiro atoms. The highest BCUT2D eigenvalue weighted by Crippen LogP contribution is 2.21. The highest BCUT2D eigenvalue weighted by atomic mass is 32.1. The van der Waals surface area contributed by atoms with E-state index in [1.807, 2.05) is 6.20 Å². The number of hydrogen-bond donors (Lipinski definition) is 1. The zero-order valence-corrected chi connectivity index (χ0v) is 11.5. The monoisotopic (exact) mass is 277 g/mol. The quantitative estimate of drug-likeness (QED) is 0.858. The lowest BCUT2D eigenvalue weighted by molar-refractivity contribution is 0.243. The molecule has 2 aromatic heterocycles. The van der Waals surface area contributed by atoms with Crippen molar-refractivity contribution in [3.8, 4) is 0 Å². The molecule has 0 saturated carbocycles. The summed E-state index contributed by atoms with van der Waals surface area (Å²) in [5.74, 6) is 0. The molecule has 0 bridgehead atoms. The van der Waals surface area contributed by atoms with Crippen LogP contribution < -0.4 is 11.3 Å². The Balaban J connectivity index is 1.78. The summed E-state index contributed by atoms with van der Waals surface area (Å²) in [6.45, 7) is 2.52. The van der Waals surface area contributed by atoms with Crippen LogP contribution in [-0.2, 0) is 26.6 Å². The van der Waals surface area contributed by atoms with Gasteiger partial charge in [-0.25, -0.2) is 9.67 Å². The Kier molecular flexibility index (Phi) is 3.08. The molecule has 2 N–H and O–H groups in total. The number of nitrogens with zero attached hydrogens (tertiary/aromatic N) is 4. The third kappa shape index (κ3) is 2.52. The molecule has 3 heterocycles. The molecule has 0 atom stereocenters. The van der Waals surface area contributed by atoms with Crippen molar-refractivity contribution < 1.29 is 0 Å². The highest BCUT2D eigenvalue weighted by molar-refractivity contribution is 7.15. The van der Waals surface area contributed by atoms with Crippen molar-refractivity contribution in [3.05, 3.63) is 38.8 Å². The Labute approximate surface area is 114 Å². The summed E-state index contributed by atoms with van der Waals surface area (Å²) in [5.41, 5.74) is 7.64. The van der Waals surface area contributed by atoms with Crippen LogP contribution in [0.4, 0.5) is 5.13 Å². The van der Waals surface area contributed by atoms with E-state index in [1.165, 1.54) is 16.0 Å². The van der Waals surface area contributed by atoms with E-state index in [1.54, 1.807) is 13.1 Å². The predicted molar refractivity (Wildman–Crippen MR) is 73.8 cm³/mol. The molecule has 0 fully saturated rings. The first kappa shape index (κ1) is 12.3. The van der Waals surface area contributed by atoms with E-state index in [4.69, 9.17) is 5.73 Å². The number of aromatic nitrogens is 3. The molecule has 0 radical (unpaired) electrons. The summed E-state index contributed by atoms with van der Waals surface area (Å²) in [6.07, 6.45) is 2.69. The summed E-state index contributed by atoms with van der Waals surface area (Å²) < 4.78 is 1.40. The van der Waals surface area contributed by atoms with E-state index in [9.17, 15) is 4.79 Å². The molecule has 7 heteroatoms. The van der Waals surface area contributed by atoms with Gasteiger partial charge >= 0.3 is 0 Å². The van der Waals surface area contributed by atoms with Gasteiger partial charge in [0.1, 0.15) is 0 Å². The van der Waals surface area contributed by atoms with Gasteiger partial charge in [-0.2, -0.15) is 5.10 Å². The van der Waals surface area contributed by atoms with Crippen molar-refractivity contribution in [2.24, 2.45) is 7.05 Å². The van der Waals surface area contributed by atoms with Crippen LogP contribution in [-0.4, -0.2) is 26.2 Å². The predicted octanol–water partition coefficient (Wildman–Crippen LogP) is 0.377. The number of nitrogen functional groups attached to an aromatic ring is 1. The number of anilines is 1. The van der Waals surface area contributed by atoms with Gasteiger partial charge in [0.2, 0.25) is 0 Å². The molecule has 1 aliphatic heterocycles. The standard InChI is InChI=1S/C12H15N5OS/c1-16-11(18)4-8-6-17(3-2-10(8)15-16)7-9-5-14-12(13)19-9/h4-5H,2-3,6-7H2,1H3,(H2,13,14). The zero-order valence-electron chi connectivity index (χ0n) is 10.7. The largest absolute Gasteiger partial charge is 0.375 e. The van der Waals surface area contributed by atoms with Gasteiger partial charge in [-0.3, -0.25) is 9.69 Å². The van der Waals surface area contributed by atoms with Crippen LogP contribution >= 0.6 is 11.3 Å². The summed E-state index contributed by atoms with van der Waals surface area (Å²) in [5, 5.41) is 4.91.